The van der Waals surface area contributed by atoms with E-state index in [0.717, 1.165) is 0 Å². The number of nitrogen functional groups attached to an aromatic ring is 1. The minimum atomic E-state index is -3.67. The lowest BCUT2D eigenvalue weighted by molar-refractivity contribution is -0.0613. The third-order valence-corrected chi connectivity index (χ3v) is 5.81. The summed E-state index contributed by atoms with van der Waals surface area (Å²) in [6.45, 7) is 2.07. The predicted molar refractivity (Wildman–Crippen MR) is 80.2 cm³/mol. The fraction of sp³-hybridized carbons (Fsp3) is 0.357. The molecular weight excluding hydrogens is 290 g/mol. The summed E-state index contributed by atoms with van der Waals surface area (Å²) in [5, 5.41) is 10.6. The quantitative estimate of drug-likeness (QED) is 0.823. The van der Waals surface area contributed by atoms with E-state index in [9.17, 15) is 13.5 Å². The van der Waals surface area contributed by atoms with Gasteiger partial charge in [-0.1, -0.05) is 6.92 Å². The molecular formula is C14H17N3O3S. The largest absolute Gasteiger partial charge is 0.398 e. The van der Waals surface area contributed by atoms with Gasteiger partial charge >= 0.3 is 0 Å². The molecule has 3 rings (SSSR count). The monoisotopic (exact) mass is 307 g/mol. The molecule has 0 spiro atoms. The summed E-state index contributed by atoms with van der Waals surface area (Å²) >= 11 is 0. The van der Waals surface area contributed by atoms with Gasteiger partial charge in [0.1, 0.15) is 4.90 Å². The van der Waals surface area contributed by atoms with Gasteiger partial charge in [0.25, 0.3) is 0 Å². The number of aliphatic hydroxyl groups is 1. The smallest absolute Gasteiger partial charge is 0.245 e. The Balaban J connectivity index is 2.07. The van der Waals surface area contributed by atoms with Crippen LogP contribution in [0.4, 0.5) is 5.69 Å². The van der Waals surface area contributed by atoms with Crippen molar-refractivity contribution in [2.45, 2.75) is 23.8 Å². The highest BCUT2D eigenvalue weighted by molar-refractivity contribution is 7.89. The number of anilines is 1. The molecule has 0 aliphatic carbocycles. The molecule has 0 unspecified atom stereocenters. The summed E-state index contributed by atoms with van der Waals surface area (Å²) < 4.78 is 26.6. The van der Waals surface area contributed by atoms with Gasteiger partial charge in [-0.05, 0) is 30.7 Å². The first-order valence-corrected chi connectivity index (χ1v) is 8.17. The number of benzene rings is 1. The fourth-order valence-corrected chi connectivity index (χ4v) is 4.27. The summed E-state index contributed by atoms with van der Waals surface area (Å²) in [7, 11) is -3.67. The number of nitrogens with two attached hydrogens (primary N) is 1. The van der Waals surface area contributed by atoms with Gasteiger partial charge in [0, 0.05) is 30.4 Å². The Labute approximate surface area is 123 Å². The number of sulfonamides is 1. The van der Waals surface area contributed by atoms with Crippen molar-refractivity contribution in [1.82, 2.24) is 9.29 Å². The van der Waals surface area contributed by atoms with Crippen LogP contribution in [0.15, 0.2) is 35.4 Å². The fourth-order valence-electron chi connectivity index (χ4n) is 2.52. The molecule has 1 aromatic carbocycles. The average Bonchev–Trinajstić information content (AvgIpc) is 2.44. The first-order valence-electron chi connectivity index (χ1n) is 6.73. The van der Waals surface area contributed by atoms with Crippen LogP contribution in [-0.2, 0) is 10.0 Å². The van der Waals surface area contributed by atoms with E-state index in [-0.39, 0.29) is 18.0 Å². The Kier molecular flexibility index (Phi) is 3.16. The summed E-state index contributed by atoms with van der Waals surface area (Å²) in [5.41, 5.74) is 5.81. The van der Waals surface area contributed by atoms with Crippen LogP contribution in [0.3, 0.4) is 0 Å². The van der Waals surface area contributed by atoms with Crippen LogP contribution in [0.1, 0.15) is 13.3 Å². The molecule has 3 N–H and O–H groups in total. The van der Waals surface area contributed by atoms with Crippen LogP contribution in [0, 0.1) is 0 Å². The van der Waals surface area contributed by atoms with Crippen LogP contribution in [0.2, 0.25) is 0 Å². The van der Waals surface area contributed by atoms with E-state index in [2.05, 4.69) is 4.98 Å². The predicted octanol–water partition coefficient (Wildman–Crippen LogP) is 0.962. The Morgan fingerprint density at radius 1 is 1.38 bits per heavy atom. The lowest BCUT2D eigenvalue weighted by Gasteiger charge is -2.44. The highest BCUT2D eigenvalue weighted by Crippen LogP contribution is 2.33. The molecule has 1 aliphatic heterocycles. The van der Waals surface area contributed by atoms with Crippen LogP contribution in [-0.4, -0.2) is 41.5 Å². The first-order chi connectivity index (χ1) is 9.87. The van der Waals surface area contributed by atoms with Crippen LogP contribution >= 0.6 is 0 Å². The van der Waals surface area contributed by atoms with Crippen molar-refractivity contribution >= 4 is 26.6 Å². The molecule has 2 heterocycles. The number of nitrogens with zero attached hydrogens (tertiary/aromatic N) is 2. The molecule has 1 aromatic heterocycles. The summed E-state index contributed by atoms with van der Waals surface area (Å²) in [6, 6.07) is 6.51. The lowest BCUT2D eigenvalue weighted by atomic mass is 9.94. The number of hydrogen-bond acceptors (Lipinski definition) is 5. The molecule has 0 saturated carbocycles. The van der Waals surface area contributed by atoms with Crippen molar-refractivity contribution in [3.8, 4) is 0 Å². The summed E-state index contributed by atoms with van der Waals surface area (Å²) in [6.07, 6.45) is 2.07. The average molecular weight is 307 g/mol. The normalized spacial score (nSPS) is 18.6. The number of hydrogen-bond donors (Lipinski definition) is 2. The molecule has 0 bridgehead atoms. The maximum Gasteiger partial charge on any atom is 0.245 e. The van der Waals surface area contributed by atoms with Crippen molar-refractivity contribution in [3.63, 3.8) is 0 Å². The molecule has 1 aliphatic rings. The molecule has 1 saturated heterocycles. The molecule has 6 nitrogen and oxygen atoms in total. The van der Waals surface area contributed by atoms with E-state index in [4.69, 9.17) is 5.73 Å². The Hall–Kier alpha value is -1.70. The lowest BCUT2D eigenvalue weighted by Crippen LogP contribution is -2.62. The van der Waals surface area contributed by atoms with Crippen molar-refractivity contribution < 1.29 is 13.5 Å². The highest BCUT2D eigenvalue weighted by atomic mass is 32.2. The Morgan fingerprint density at radius 2 is 2.10 bits per heavy atom. The zero-order chi connectivity index (χ0) is 15.3. The summed E-state index contributed by atoms with van der Waals surface area (Å²) in [4.78, 5) is 4.29. The van der Waals surface area contributed by atoms with Crippen molar-refractivity contribution in [1.29, 1.82) is 0 Å². The second-order valence-electron chi connectivity index (χ2n) is 5.40. The molecule has 0 amide bonds. The molecule has 0 radical (unpaired) electrons. The van der Waals surface area contributed by atoms with E-state index in [1.165, 1.54) is 10.4 Å². The summed E-state index contributed by atoms with van der Waals surface area (Å²) in [5.74, 6) is 0. The van der Waals surface area contributed by atoms with Crippen LogP contribution in [0.5, 0.6) is 0 Å². The molecule has 0 atom stereocenters. The van der Waals surface area contributed by atoms with E-state index in [1.807, 2.05) is 6.92 Å². The van der Waals surface area contributed by atoms with Gasteiger partial charge < -0.3 is 10.8 Å². The van der Waals surface area contributed by atoms with Gasteiger partial charge in [-0.3, -0.25) is 4.98 Å². The topological polar surface area (TPSA) is 96.5 Å². The van der Waals surface area contributed by atoms with E-state index >= 15 is 0 Å². The minimum Gasteiger partial charge on any atom is -0.398 e. The number of β-amino-alcohol motifs (C(OH)–C–C–N with tert-alkyl or cyclic N) is 1. The Bertz CT molecular complexity index is 798. The van der Waals surface area contributed by atoms with Gasteiger partial charge in [0.2, 0.25) is 10.0 Å². The molecule has 2 aromatic rings. The number of fused-ring (bicyclic) bond motifs is 1. The molecule has 112 valence electrons. The van der Waals surface area contributed by atoms with Crippen LogP contribution < -0.4 is 5.73 Å². The molecule has 7 heteroatoms. The number of pyridine rings is 1. The van der Waals surface area contributed by atoms with Crippen molar-refractivity contribution in [2.75, 3.05) is 18.8 Å². The second kappa shape index (κ2) is 4.66. The maximum atomic E-state index is 12.7. The standard InChI is InChI=1S/C14H17N3O3S/c1-2-14(18)8-17(9-14)21(19,20)12-6-5-11(15)10-4-3-7-16-13(10)12/h3-7,18H,2,8-9,15H2,1H3. The third kappa shape index (κ3) is 2.17. The number of aromatic nitrogens is 1. The minimum absolute atomic E-state index is 0.116. The Morgan fingerprint density at radius 3 is 2.76 bits per heavy atom. The SMILES string of the molecule is CCC1(O)CN(S(=O)(=O)c2ccc(N)c3cccnc23)C1. The first kappa shape index (κ1) is 14.2. The highest BCUT2D eigenvalue weighted by Gasteiger charge is 2.46. The molecule has 21 heavy (non-hydrogen) atoms. The van der Waals surface area contributed by atoms with Crippen molar-refractivity contribution in [3.05, 3.63) is 30.5 Å². The van der Waals surface area contributed by atoms with Crippen molar-refractivity contribution in [2.24, 2.45) is 0 Å². The van der Waals surface area contributed by atoms with Crippen LogP contribution in [0.25, 0.3) is 10.9 Å². The van der Waals surface area contributed by atoms with Gasteiger partial charge in [-0.25, -0.2) is 8.42 Å². The maximum absolute atomic E-state index is 12.7. The van der Waals surface area contributed by atoms with Gasteiger partial charge in [-0.2, -0.15) is 4.31 Å². The van der Waals surface area contributed by atoms with E-state index in [0.29, 0.717) is 23.0 Å². The molecule has 1 fully saturated rings. The van der Waals surface area contributed by atoms with Gasteiger partial charge in [0.15, 0.2) is 0 Å². The zero-order valence-corrected chi connectivity index (χ0v) is 12.5. The van der Waals surface area contributed by atoms with Gasteiger partial charge in [-0.15, -0.1) is 0 Å². The van der Waals surface area contributed by atoms with E-state index < -0.39 is 15.6 Å². The number of rotatable bonds is 3. The zero-order valence-electron chi connectivity index (χ0n) is 11.7. The van der Waals surface area contributed by atoms with E-state index in [1.54, 1.807) is 24.4 Å². The second-order valence-corrected chi connectivity index (χ2v) is 7.31. The third-order valence-electron chi connectivity index (χ3n) is 3.98. The van der Waals surface area contributed by atoms with Gasteiger partial charge in [0.05, 0.1) is 11.1 Å².